The Morgan fingerprint density at radius 3 is 2.61 bits per heavy atom. The topological polar surface area (TPSA) is 41.5 Å². The van der Waals surface area contributed by atoms with Gasteiger partial charge in [-0.2, -0.15) is 5.10 Å². The Balaban J connectivity index is 1.98. The Bertz CT molecular complexity index is 562. The Morgan fingerprint density at radius 1 is 1.11 bits per heavy atom. The number of nitrogens with one attached hydrogen (secondary N) is 1. The van der Waals surface area contributed by atoms with Crippen LogP contribution >= 0.6 is 0 Å². The summed E-state index contributed by atoms with van der Waals surface area (Å²) in [6.07, 6.45) is 1.63. The molecular formula is C15H14N2O. The van der Waals surface area contributed by atoms with Crippen LogP contribution in [0.4, 0.5) is 0 Å². The van der Waals surface area contributed by atoms with Crippen LogP contribution in [0.15, 0.2) is 59.7 Å². The zero-order chi connectivity index (χ0) is 12.8. The van der Waals surface area contributed by atoms with Gasteiger partial charge in [0.1, 0.15) is 0 Å². The quantitative estimate of drug-likeness (QED) is 0.648. The van der Waals surface area contributed by atoms with Gasteiger partial charge >= 0.3 is 0 Å². The summed E-state index contributed by atoms with van der Waals surface area (Å²) in [5.41, 5.74) is 5.22. The Morgan fingerprint density at radius 2 is 1.89 bits per heavy atom. The monoisotopic (exact) mass is 238 g/mol. The number of hydrazone groups is 1. The molecule has 0 spiro atoms. The van der Waals surface area contributed by atoms with Crippen molar-refractivity contribution in [3.8, 4) is 0 Å². The average molecular weight is 238 g/mol. The highest BCUT2D eigenvalue weighted by atomic mass is 16.2. The van der Waals surface area contributed by atoms with Crippen molar-refractivity contribution in [1.82, 2.24) is 5.43 Å². The first-order valence-corrected chi connectivity index (χ1v) is 5.71. The normalized spacial score (nSPS) is 10.5. The summed E-state index contributed by atoms with van der Waals surface area (Å²) in [5, 5.41) is 3.93. The highest BCUT2D eigenvalue weighted by Crippen LogP contribution is 2.01. The third-order valence-electron chi connectivity index (χ3n) is 2.46. The van der Waals surface area contributed by atoms with E-state index in [1.165, 1.54) is 0 Å². The fourth-order valence-corrected chi connectivity index (χ4v) is 1.57. The summed E-state index contributed by atoms with van der Waals surface area (Å²) in [6.45, 7) is 2.01. The van der Waals surface area contributed by atoms with Crippen molar-refractivity contribution in [3.05, 3.63) is 71.3 Å². The van der Waals surface area contributed by atoms with Crippen molar-refractivity contribution in [2.24, 2.45) is 5.10 Å². The number of benzene rings is 2. The van der Waals surface area contributed by atoms with Crippen molar-refractivity contribution in [2.75, 3.05) is 0 Å². The van der Waals surface area contributed by atoms with Crippen LogP contribution in [0.5, 0.6) is 0 Å². The molecule has 0 aliphatic carbocycles. The summed E-state index contributed by atoms with van der Waals surface area (Å²) in [6, 6.07) is 16.9. The molecule has 0 aliphatic heterocycles. The van der Waals surface area contributed by atoms with Crippen LogP contribution in [0.25, 0.3) is 0 Å². The first-order chi connectivity index (χ1) is 8.75. The molecule has 0 unspecified atom stereocenters. The highest BCUT2D eigenvalue weighted by molar-refractivity contribution is 5.94. The molecule has 0 saturated heterocycles. The maximum absolute atomic E-state index is 11.7. The molecule has 0 heterocycles. The number of hydrogen-bond donors (Lipinski definition) is 1. The van der Waals surface area contributed by atoms with Crippen LogP contribution in [0.3, 0.4) is 0 Å². The van der Waals surface area contributed by atoms with Crippen molar-refractivity contribution in [1.29, 1.82) is 0 Å². The zero-order valence-corrected chi connectivity index (χ0v) is 10.1. The first kappa shape index (κ1) is 12.0. The minimum atomic E-state index is -0.209. The van der Waals surface area contributed by atoms with Crippen molar-refractivity contribution < 1.29 is 4.79 Å². The van der Waals surface area contributed by atoms with E-state index in [1.54, 1.807) is 18.3 Å². The fraction of sp³-hybridized carbons (Fsp3) is 0.0667. The van der Waals surface area contributed by atoms with E-state index in [-0.39, 0.29) is 5.91 Å². The number of amides is 1. The van der Waals surface area contributed by atoms with Crippen LogP contribution in [0.2, 0.25) is 0 Å². The molecule has 0 bridgehead atoms. The predicted molar refractivity (Wildman–Crippen MR) is 72.7 cm³/mol. The maximum Gasteiger partial charge on any atom is 0.271 e. The lowest BCUT2D eigenvalue weighted by molar-refractivity contribution is 0.0955. The van der Waals surface area contributed by atoms with Crippen LogP contribution in [-0.4, -0.2) is 12.1 Å². The van der Waals surface area contributed by atoms with E-state index in [2.05, 4.69) is 10.5 Å². The van der Waals surface area contributed by atoms with Gasteiger partial charge in [0.25, 0.3) is 5.91 Å². The Kier molecular flexibility index (Phi) is 3.86. The molecule has 2 rings (SSSR count). The predicted octanol–water partition coefficient (Wildman–Crippen LogP) is 2.76. The third kappa shape index (κ3) is 3.28. The smallest absolute Gasteiger partial charge is 0.267 e. The van der Waals surface area contributed by atoms with E-state index in [0.717, 1.165) is 11.1 Å². The van der Waals surface area contributed by atoms with E-state index in [0.29, 0.717) is 5.56 Å². The van der Waals surface area contributed by atoms with Gasteiger partial charge in [0.2, 0.25) is 0 Å². The SMILES string of the molecule is Cc1cccc(C=NNC(=O)c2ccccc2)c1. The zero-order valence-electron chi connectivity index (χ0n) is 10.1. The van der Waals surface area contributed by atoms with E-state index >= 15 is 0 Å². The third-order valence-corrected chi connectivity index (χ3v) is 2.46. The van der Waals surface area contributed by atoms with E-state index < -0.39 is 0 Å². The highest BCUT2D eigenvalue weighted by Gasteiger charge is 2.01. The lowest BCUT2D eigenvalue weighted by atomic mass is 10.2. The second kappa shape index (κ2) is 5.77. The molecule has 0 radical (unpaired) electrons. The van der Waals surface area contributed by atoms with E-state index in [1.807, 2.05) is 49.4 Å². The number of aryl methyl sites for hydroxylation is 1. The van der Waals surface area contributed by atoms with E-state index in [9.17, 15) is 4.79 Å². The van der Waals surface area contributed by atoms with Gasteiger partial charge in [-0.1, -0.05) is 48.0 Å². The van der Waals surface area contributed by atoms with Crippen molar-refractivity contribution in [2.45, 2.75) is 6.92 Å². The van der Waals surface area contributed by atoms with Gasteiger partial charge < -0.3 is 0 Å². The number of carbonyl (C=O) groups is 1. The van der Waals surface area contributed by atoms with Crippen LogP contribution in [0, 0.1) is 6.92 Å². The lowest BCUT2D eigenvalue weighted by Crippen LogP contribution is -2.17. The number of rotatable bonds is 3. The van der Waals surface area contributed by atoms with Gasteiger partial charge in [-0.3, -0.25) is 4.79 Å². The van der Waals surface area contributed by atoms with Gasteiger partial charge in [0.05, 0.1) is 6.21 Å². The molecule has 0 saturated carbocycles. The van der Waals surface area contributed by atoms with Gasteiger partial charge in [0, 0.05) is 5.56 Å². The molecule has 18 heavy (non-hydrogen) atoms. The number of hydrogen-bond acceptors (Lipinski definition) is 2. The molecule has 3 heteroatoms. The summed E-state index contributed by atoms with van der Waals surface area (Å²) in [7, 11) is 0. The molecule has 0 aliphatic rings. The molecule has 1 amide bonds. The number of carbonyl (C=O) groups excluding carboxylic acids is 1. The van der Waals surface area contributed by atoms with Gasteiger partial charge in [-0.15, -0.1) is 0 Å². The summed E-state index contributed by atoms with van der Waals surface area (Å²) >= 11 is 0. The van der Waals surface area contributed by atoms with Crippen LogP contribution < -0.4 is 5.43 Å². The molecule has 0 fully saturated rings. The molecule has 90 valence electrons. The first-order valence-electron chi connectivity index (χ1n) is 5.71. The van der Waals surface area contributed by atoms with Crippen molar-refractivity contribution in [3.63, 3.8) is 0 Å². The van der Waals surface area contributed by atoms with Crippen LogP contribution in [-0.2, 0) is 0 Å². The Hall–Kier alpha value is -2.42. The molecule has 0 aromatic heterocycles. The largest absolute Gasteiger partial charge is 0.271 e. The average Bonchev–Trinajstić information content (AvgIpc) is 2.40. The summed E-state index contributed by atoms with van der Waals surface area (Å²) in [4.78, 5) is 11.7. The molecule has 1 N–H and O–H groups in total. The second-order valence-electron chi connectivity index (χ2n) is 3.98. The maximum atomic E-state index is 11.7. The van der Waals surface area contributed by atoms with Gasteiger partial charge in [-0.25, -0.2) is 5.43 Å². The van der Waals surface area contributed by atoms with Crippen LogP contribution in [0.1, 0.15) is 21.5 Å². The number of nitrogens with zero attached hydrogens (tertiary/aromatic N) is 1. The molecule has 2 aromatic rings. The fourth-order valence-electron chi connectivity index (χ4n) is 1.57. The minimum Gasteiger partial charge on any atom is -0.267 e. The second-order valence-corrected chi connectivity index (χ2v) is 3.98. The lowest BCUT2D eigenvalue weighted by Gasteiger charge is -1.99. The molecule has 2 aromatic carbocycles. The molecular weight excluding hydrogens is 224 g/mol. The van der Waals surface area contributed by atoms with Gasteiger partial charge in [-0.05, 0) is 24.6 Å². The summed E-state index contributed by atoms with van der Waals surface area (Å²) < 4.78 is 0. The van der Waals surface area contributed by atoms with E-state index in [4.69, 9.17) is 0 Å². The van der Waals surface area contributed by atoms with Crippen molar-refractivity contribution >= 4 is 12.1 Å². The Labute approximate surface area is 106 Å². The summed E-state index contributed by atoms with van der Waals surface area (Å²) in [5.74, 6) is -0.209. The minimum absolute atomic E-state index is 0.209. The van der Waals surface area contributed by atoms with Gasteiger partial charge in [0.15, 0.2) is 0 Å². The standard InChI is InChI=1S/C15H14N2O/c1-12-6-5-7-13(10-12)11-16-17-15(18)14-8-3-2-4-9-14/h2-11H,1H3,(H,17,18). The molecule has 0 atom stereocenters. The molecule has 3 nitrogen and oxygen atoms in total.